The minimum absolute atomic E-state index is 0.147. The van der Waals surface area contributed by atoms with Gasteiger partial charge in [0.1, 0.15) is 0 Å². The summed E-state index contributed by atoms with van der Waals surface area (Å²) in [7, 11) is 3.89. The van der Waals surface area contributed by atoms with Gasteiger partial charge in [0.15, 0.2) is 0 Å². The molecule has 0 aliphatic rings. The van der Waals surface area contributed by atoms with Crippen LogP contribution in [0.1, 0.15) is 41.3 Å². The van der Waals surface area contributed by atoms with Gasteiger partial charge >= 0.3 is 0 Å². The Balaban J connectivity index is 2.98. The molecule has 0 aromatic heterocycles. The van der Waals surface area contributed by atoms with Crippen LogP contribution in [0.5, 0.6) is 0 Å². The fourth-order valence-corrected chi connectivity index (χ4v) is 2.38. The summed E-state index contributed by atoms with van der Waals surface area (Å²) in [6.07, 6.45) is 6.14. The van der Waals surface area contributed by atoms with E-state index in [1.54, 1.807) is 17.6 Å². The standard InChI is InChI=1S/C18H25N3O3/c1-5-8-14-13(6-2)15(10-11-16(14)21(3)4)18(23)19-12-7-9-17(22)20-24/h5-6,8,10-11,24H,2,7,9,12H2,1,3-4H3,(H,19,23)(H,20,22)/b8-5-. The number of hydrogen-bond acceptors (Lipinski definition) is 4. The summed E-state index contributed by atoms with van der Waals surface area (Å²) in [4.78, 5) is 25.4. The lowest BCUT2D eigenvalue weighted by molar-refractivity contribution is -0.129. The second-order valence-corrected chi connectivity index (χ2v) is 5.45. The molecule has 1 rings (SSSR count). The fraction of sp³-hybridized carbons (Fsp3) is 0.333. The number of benzene rings is 1. The van der Waals surface area contributed by atoms with Crippen molar-refractivity contribution in [2.75, 3.05) is 25.5 Å². The molecule has 1 aromatic rings. The highest BCUT2D eigenvalue weighted by molar-refractivity contribution is 6.00. The number of carbonyl (C=O) groups is 2. The van der Waals surface area contributed by atoms with Crippen molar-refractivity contribution in [2.24, 2.45) is 0 Å². The van der Waals surface area contributed by atoms with Crippen molar-refractivity contribution in [1.29, 1.82) is 0 Å². The molecule has 24 heavy (non-hydrogen) atoms. The maximum Gasteiger partial charge on any atom is 0.251 e. The number of hydrogen-bond donors (Lipinski definition) is 3. The zero-order valence-electron chi connectivity index (χ0n) is 14.4. The maximum absolute atomic E-state index is 12.4. The molecule has 0 heterocycles. The Hall–Kier alpha value is -2.60. The third-order valence-corrected chi connectivity index (χ3v) is 3.52. The van der Waals surface area contributed by atoms with Gasteiger partial charge < -0.3 is 10.2 Å². The van der Waals surface area contributed by atoms with Crippen LogP contribution in [0.15, 0.2) is 24.8 Å². The van der Waals surface area contributed by atoms with Gasteiger partial charge in [0, 0.05) is 43.9 Å². The van der Waals surface area contributed by atoms with Crippen molar-refractivity contribution < 1.29 is 14.8 Å². The molecule has 2 amide bonds. The number of allylic oxidation sites excluding steroid dienone is 1. The Labute approximate surface area is 142 Å². The van der Waals surface area contributed by atoms with Crippen LogP contribution in [0.4, 0.5) is 5.69 Å². The first-order valence-electron chi connectivity index (χ1n) is 7.76. The first-order valence-corrected chi connectivity index (χ1v) is 7.76. The van der Waals surface area contributed by atoms with E-state index in [2.05, 4.69) is 11.9 Å². The largest absolute Gasteiger partial charge is 0.377 e. The van der Waals surface area contributed by atoms with Crippen molar-refractivity contribution in [3.8, 4) is 0 Å². The summed E-state index contributed by atoms with van der Waals surface area (Å²) < 4.78 is 0. The van der Waals surface area contributed by atoms with Gasteiger partial charge in [-0.05, 0) is 31.0 Å². The molecular weight excluding hydrogens is 306 g/mol. The third kappa shape index (κ3) is 4.96. The van der Waals surface area contributed by atoms with Crippen LogP contribution in [-0.2, 0) is 4.79 Å². The normalized spacial score (nSPS) is 10.5. The van der Waals surface area contributed by atoms with Crippen LogP contribution >= 0.6 is 0 Å². The van der Waals surface area contributed by atoms with Crippen molar-refractivity contribution in [3.63, 3.8) is 0 Å². The summed E-state index contributed by atoms with van der Waals surface area (Å²) in [5, 5.41) is 11.2. The number of anilines is 1. The van der Waals surface area contributed by atoms with E-state index in [9.17, 15) is 9.59 Å². The Morgan fingerprint density at radius 2 is 2.00 bits per heavy atom. The highest BCUT2D eigenvalue weighted by Gasteiger charge is 2.15. The molecule has 3 N–H and O–H groups in total. The monoisotopic (exact) mass is 331 g/mol. The topological polar surface area (TPSA) is 81.7 Å². The molecule has 6 nitrogen and oxygen atoms in total. The van der Waals surface area contributed by atoms with Crippen LogP contribution in [0.3, 0.4) is 0 Å². The average molecular weight is 331 g/mol. The van der Waals surface area contributed by atoms with Crippen LogP contribution in [0, 0.1) is 0 Å². The molecule has 130 valence electrons. The van der Waals surface area contributed by atoms with E-state index in [4.69, 9.17) is 5.21 Å². The quantitative estimate of drug-likeness (QED) is 0.388. The lowest BCUT2D eigenvalue weighted by atomic mass is 9.97. The first-order chi connectivity index (χ1) is 11.5. The molecule has 0 bridgehead atoms. The molecule has 0 unspecified atom stereocenters. The molecule has 0 radical (unpaired) electrons. The molecular formula is C18H25N3O3. The van der Waals surface area contributed by atoms with Crippen LogP contribution in [0.2, 0.25) is 0 Å². The van der Waals surface area contributed by atoms with Gasteiger partial charge in [0.25, 0.3) is 5.91 Å². The van der Waals surface area contributed by atoms with Crippen molar-refractivity contribution in [1.82, 2.24) is 10.8 Å². The van der Waals surface area contributed by atoms with Gasteiger partial charge in [-0.2, -0.15) is 0 Å². The Morgan fingerprint density at radius 1 is 1.29 bits per heavy atom. The van der Waals surface area contributed by atoms with E-state index in [1.807, 2.05) is 44.1 Å². The number of nitrogens with zero attached hydrogens (tertiary/aromatic N) is 1. The maximum atomic E-state index is 12.4. The third-order valence-electron chi connectivity index (χ3n) is 3.52. The zero-order valence-corrected chi connectivity index (χ0v) is 14.4. The molecule has 0 fully saturated rings. The lowest BCUT2D eigenvalue weighted by Gasteiger charge is -2.20. The number of carbonyl (C=O) groups excluding carboxylic acids is 2. The zero-order chi connectivity index (χ0) is 18.1. The smallest absolute Gasteiger partial charge is 0.251 e. The van der Waals surface area contributed by atoms with Crippen LogP contribution < -0.4 is 15.7 Å². The van der Waals surface area contributed by atoms with Crippen molar-refractivity contribution in [3.05, 3.63) is 41.5 Å². The summed E-state index contributed by atoms with van der Waals surface area (Å²) in [6.45, 7) is 6.10. The van der Waals surface area contributed by atoms with E-state index in [-0.39, 0.29) is 12.3 Å². The summed E-state index contributed by atoms with van der Waals surface area (Å²) in [5.74, 6) is -0.688. The predicted octanol–water partition coefficient (Wildman–Crippen LogP) is 2.44. The predicted molar refractivity (Wildman–Crippen MR) is 97.1 cm³/mol. The van der Waals surface area contributed by atoms with Gasteiger partial charge in [-0.15, -0.1) is 0 Å². The van der Waals surface area contributed by atoms with E-state index in [0.717, 1.165) is 16.8 Å². The van der Waals surface area contributed by atoms with E-state index < -0.39 is 5.91 Å². The fourth-order valence-electron chi connectivity index (χ4n) is 2.38. The van der Waals surface area contributed by atoms with Crippen molar-refractivity contribution >= 4 is 29.7 Å². The Bertz CT molecular complexity index is 637. The molecule has 0 atom stereocenters. The van der Waals surface area contributed by atoms with Gasteiger partial charge in [0.2, 0.25) is 5.91 Å². The van der Waals surface area contributed by atoms with Gasteiger partial charge in [-0.25, -0.2) is 5.48 Å². The van der Waals surface area contributed by atoms with Crippen LogP contribution in [0.25, 0.3) is 12.2 Å². The van der Waals surface area contributed by atoms with E-state index >= 15 is 0 Å². The van der Waals surface area contributed by atoms with Gasteiger partial charge in [0.05, 0.1) is 0 Å². The van der Waals surface area contributed by atoms with E-state index in [0.29, 0.717) is 18.5 Å². The molecule has 1 aromatic carbocycles. The number of rotatable bonds is 8. The Kier molecular flexibility index (Phi) is 7.71. The lowest BCUT2D eigenvalue weighted by Crippen LogP contribution is -2.27. The number of nitrogens with one attached hydrogen (secondary N) is 2. The van der Waals surface area contributed by atoms with Gasteiger partial charge in [-0.3, -0.25) is 14.8 Å². The summed E-state index contributed by atoms with van der Waals surface area (Å²) in [5.41, 5.74) is 4.80. The number of hydroxylamine groups is 1. The molecule has 6 heteroatoms. The molecule has 0 aliphatic carbocycles. The molecule has 0 saturated carbocycles. The molecule has 0 aliphatic heterocycles. The summed E-state index contributed by atoms with van der Waals surface area (Å²) in [6, 6.07) is 3.67. The SMILES string of the molecule is C=Cc1c(C(=O)NCCCC(=O)NO)ccc(N(C)C)c1/C=C\C. The second-order valence-electron chi connectivity index (χ2n) is 5.45. The Morgan fingerprint density at radius 3 is 2.54 bits per heavy atom. The van der Waals surface area contributed by atoms with Crippen LogP contribution in [-0.4, -0.2) is 37.7 Å². The second kappa shape index (κ2) is 9.52. The highest BCUT2D eigenvalue weighted by Crippen LogP contribution is 2.28. The van der Waals surface area contributed by atoms with Crippen molar-refractivity contribution in [2.45, 2.75) is 19.8 Å². The molecule has 0 spiro atoms. The van der Waals surface area contributed by atoms with E-state index in [1.165, 1.54) is 0 Å². The summed E-state index contributed by atoms with van der Waals surface area (Å²) >= 11 is 0. The minimum atomic E-state index is -0.471. The van der Waals surface area contributed by atoms with Gasteiger partial charge in [-0.1, -0.05) is 24.8 Å². The minimum Gasteiger partial charge on any atom is -0.377 e. The highest BCUT2D eigenvalue weighted by atomic mass is 16.5. The number of amides is 2. The first kappa shape index (κ1) is 19.4. The average Bonchev–Trinajstić information content (AvgIpc) is 2.57. The molecule has 0 saturated heterocycles.